The molecule has 0 aromatic heterocycles. The van der Waals surface area contributed by atoms with Gasteiger partial charge in [0, 0.05) is 6.54 Å². The summed E-state index contributed by atoms with van der Waals surface area (Å²) in [6.45, 7) is 1.79. The quantitative estimate of drug-likeness (QED) is 0.732. The standard InChI is InChI=1S/C18H21FN2O4S/c1-13(18(22)20-11-10-14-6-4-3-5-7-14)21-26(23,24)17-12-15(19)8-9-16(17)25-2/h3-9,12-13,21H,10-11H2,1-2H3,(H,20,22). The summed E-state index contributed by atoms with van der Waals surface area (Å²) in [5, 5.41) is 2.67. The van der Waals surface area contributed by atoms with E-state index in [2.05, 4.69) is 10.0 Å². The first-order valence-electron chi connectivity index (χ1n) is 8.01. The van der Waals surface area contributed by atoms with E-state index in [1.165, 1.54) is 20.1 Å². The molecule has 0 aliphatic carbocycles. The van der Waals surface area contributed by atoms with Crippen LogP contribution in [0.2, 0.25) is 0 Å². The number of sulfonamides is 1. The van der Waals surface area contributed by atoms with Gasteiger partial charge >= 0.3 is 0 Å². The SMILES string of the molecule is COc1ccc(F)cc1S(=O)(=O)NC(C)C(=O)NCCc1ccccc1. The number of carbonyl (C=O) groups excluding carboxylic acids is 1. The lowest BCUT2D eigenvalue weighted by molar-refractivity contribution is -0.122. The number of benzene rings is 2. The third kappa shape index (κ3) is 5.27. The second kappa shape index (κ2) is 8.77. The van der Waals surface area contributed by atoms with Gasteiger partial charge < -0.3 is 10.1 Å². The van der Waals surface area contributed by atoms with Crippen LogP contribution in [0.4, 0.5) is 4.39 Å². The molecule has 1 unspecified atom stereocenters. The van der Waals surface area contributed by atoms with Crippen molar-refractivity contribution in [2.24, 2.45) is 0 Å². The number of hydrogen-bond donors (Lipinski definition) is 2. The van der Waals surface area contributed by atoms with Crippen LogP contribution in [0.1, 0.15) is 12.5 Å². The lowest BCUT2D eigenvalue weighted by Crippen LogP contribution is -2.45. The average Bonchev–Trinajstić information content (AvgIpc) is 2.62. The van der Waals surface area contributed by atoms with E-state index in [1.807, 2.05) is 30.3 Å². The highest BCUT2D eigenvalue weighted by Gasteiger charge is 2.25. The van der Waals surface area contributed by atoms with Gasteiger partial charge in [-0.1, -0.05) is 30.3 Å². The van der Waals surface area contributed by atoms with Gasteiger partial charge in [-0.2, -0.15) is 4.72 Å². The molecule has 2 rings (SSSR count). The predicted molar refractivity (Wildman–Crippen MR) is 95.9 cm³/mol. The zero-order chi connectivity index (χ0) is 19.2. The molecule has 0 heterocycles. The largest absolute Gasteiger partial charge is 0.495 e. The van der Waals surface area contributed by atoms with Crippen LogP contribution >= 0.6 is 0 Å². The molecule has 0 aliphatic heterocycles. The second-order valence-electron chi connectivity index (χ2n) is 5.66. The van der Waals surface area contributed by atoms with Crippen molar-refractivity contribution in [3.8, 4) is 5.75 Å². The van der Waals surface area contributed by atoms with Gasteiger partial charge in [0.15, 0.2) is 0 Å². The summed E-state index contributed by atoms with van der Waals surface area (Å²) in [6.07, 6.45) is 0.629. The minimum atomic E-state index is -4.12. The molecule has 0 fully saturated rings. The Bertz CT molecular complexity index is 857. The van der Waals surface area contributed by atoms with E-state index in [1.54, 1.807) is 0 Å². The molecule has 0 aliphatic rings. The fraction of sp³-hybridized carbons (Fsp3) is 0.278. The zero-order valence-corrected chi connectivity index (χ0v) is 15.3. The van der Waals surface area contributed by atoms with E-state index >= 15 is 0 Å². The normalized spacial score (nSPS) is 12.4. The van der Waals surface area contributed by atoms with Crippen molar-refractivity contribution in [1.82, 2.24) is 10.0 Å². The molecular formula is C18H21FN2O4S. The first-order chi connectivity index (χ1) is 12.3. The summed E-state index contributed by atoms with van der Waals surface area (Å²) < 4.78 is 45.5. The van der Waals surface area contributed by atoms with Crippen LogP contribution < -0.4 is 14.8 Å². The van der Waals surface area contributed by atoms with Crippen LogP contribution in [0.15, 0.2) is 53.4 Å². The second-order valence-corrected chi connectivity index (χ2v) is 7.35. The number of carbonyl (C=O) groups is 1. The van der Waals surface area contributed by atoms with E-state index in [9.17, 15) is 17.6 Å². The molecule has 0 saturated heterocycles. The van der Waals surface area contributed by atoms with Crippen molar-refractivity contribution >= 4 is 15.9 Å². The lowest BCUT2D eigenvalue weighted by atomic mass is 10.1. The average molecular weight is 380 g/mol. The first kappa shape index (κ1) is 19.9. The van der Waals surface area contributed by atoms with Gasteiger partial charge in [-0.05, 0) is 37.1 Å². The van der Waals surface area contributed by atoms with Crippen molar-refractivity contribution < 1.29 is 22.3 Å². The van der Waals surface area contributed by atoms with Gasteiger partial charge in [0.25, 0.3) is 0 Å². The molecule has 2 N–H and O–H groups in total. The molecule has 1 amide bonds. The third-order valence-corrected chi connectivity index (χ3v) is 5.26. The maximum Gasteiger partial charge on any atom is 0.245 e. The van der Waals surface area contributed by atoms with Crippen LogP contribution in [0, 0.1) is 5.82 Å². The Kier molecular flexibility index (Phi) is 6.70. The van der Waals surface area contributed by atoms with E-state index < -0.39 is 27.8 Å². The van der Waals surface area contributed by atoms with Crippen molar-refractivity contribution in [2.45, 2.75) is 24.3 Å². The Morgan fingerprint density at radius 3 is 2.54 bits per heavy atom. The molecule has 8 heteroatoms. The Labute approximate surface area is 152 Å². The van der Waals surface area contributed by atoms with Crippen molar-refractivity contribution in [1.29, 1.82) is 0 Å². The number of nitrogens with one attached hydrogen (secondary N) is 2. The number of ether oxygens (including phenoxy) is 1. The summed E-state index contributed by atoms with van der Waals surface area (Å²) in [5.74, 6) is -1.19. The highest BCUT2D eigenvalue weighted by Crippen LogP contribution is 2.24. The van der Waals surface area contributed by atoms with E-state index in [-0.39, 0.29) is 10.6 Å². The number of rotatable bonds is 8. The molecule has 140 valence electrons. The molecule has 0 saturated carbocycles. The number of hydrogen-bond acceptors (Lipinski definition) is 4. The summed E-state index contributed by atoms with van der Waals surface area (Å²) in [6, 6.07) is 11.7. The van der Waals surface area contributed by atoms with E-state index in [0.29, 0.717) is 13.0 Å². The van der Waals surface area contributed by atoms with Gasteiger partial charge in [0.1, 0.15) is 16.5 Å². The molecule has 1 atom stereocenters. The molecule has 6 nitrogen and oxygen atoms in total. The molecule has 0 bridgehead atoms. The number of methoxy groups -OCH3 is 1. The van der Waals surface area contributed by atoms with Gasteiger partial charge in [0.2, 0.25) is 15.9 Å². The number of amides is 1. The van der Waals surface area contributed by atoms with Crippen molar-refractivity contribution in [3.63, 3.8) is 0 Å². The summed E-state index contributed by atoms with van der Waals surface area (Å²) >= 11 is 0. The van der Waals surface area contributed by atoms with Gasteiger partial charge in [-0.15, -0.1) is 0 Å². The molecule has 2 aromatic rings. The summed E-state index contributed by atoms with van der Waals surface area (Å²) in [7, 11) is -2.84. The predicted octanol–water partition coefficient (Wildman–Crippen LogP) is 1.86. The topological polar surface area (TPSA) is 84.5 Å². The van der Waals surface area contributed by atoms with Crippen LogP contribution in [0.3, 0.4) is 0 Å². The van der Waals surface area contributed by atoms with Gasteiger partial charge in [0.05, 0.1) is 13.2 Å². The fourth-order valence-electron chi connectivity index (χ4n) is 2.34. The Morgan fingerprint density at radius 2 is 1.88 bits per heavy atom. The fourth-order valence-corrected chi connectivity index (χ4v) is 3.72. The Morgan fingerprint density at radius 1 is 1.19 bits per heavy atom. The molecule has 26 heavy (non-hydrogen) atoms. The zero-order valence-electron chi connectivity index (χ0n) is 14.5. The highest BCUT2D eigenvalue weighted by atomic mass is 32.2. The third-order valence-electron chi connectivity index (χ3n) is 3.70. The monoisotopic (exact) mass is 380 g/mol. The maximum absolute atomic E-state index is 13.4. The van der Waals surface area contributed by atoms with Gasteiger partial charge in [-0.3, -0.25) is 4.79 Å². The molecular weight excluding hydrogens is 359 g/mol. The first-order valence-corrected chi connectivity index (χ1v) is 9.49. The molecule has 0 radical (unpaired) electrons. The van der Waals surface area contributed by atoms with Gasteiger partial charge in [-0.25, -0.2) is 12.8 Å². The highest BCUT2D eigenvalue weighted by molar-refractivity contribution is 7.89. The van der Waals surface area contributed by atoms with E-state index in [0.717, 1.165) is 17.7 Å². The lowest BCUT2D eigenvalue weighted by Gasteiger charge is -2.16. The van der Waals surface area contributed by atoms with Crippen LogP contribution in [-0.2, 0) is 21.2 Å². The van der Waals surface area contributed by atoms with Crippen LogP contribution in [0.5, 0.6) is 5.75 Å². The Hall–Kier alpha value is -2.45. The molecule has 0 spiro atoms. The van der Waals surface area contributed by atoms with Crippen LogP contribution in [-0.4, -0.2) is 34.0 Å². The van der Waals surface area contributed by atoms with E-state index in [4.69, 9.17) is 4.74 Å². The van der Waals surface area contributed by atoms with Crippen LogP contribution in [0.25, 0.3) is 0 Å². The summed E-state index contributed by atoms with van der Waals surface area (Å²) in [5.41, 5.74) is 1.06. The van der Waals surface area contributed by atoms with Crippen molar-refractivity contribution in [2.75, 3.05) is 13.7 Å². The molecule has 2 aromatic carbocycles. The minimum absolute atomic E-state index is 0.00409. The maximum atomic E-state index is 13.4. The Balaban J connectivity index is 1.98. The number of halogens is 1. The summed E-state index contributed by atoms with van der Waals surface area (Å²) in [4.78, 5) is 11.8. The smallest absolute Gasteiger partial charge is 0.245 e. The van der Waals surface area contributed by atoms with Crippen molar-refractivity contribution in [3.05, 3.63) is 59.9 Å². The minimum Gasteiger partial charge on any atom is -0.495 e.